The summed E-state index contributed by atoms with van der Waals surface area (Å²) < 4.78 is 0. The van der Waals surface area contributed by atoms with Gasteiger partial charge in [-0.15, -0.1) is 0 Å². The summed E-state index contributed by atoms with van der Waals surface area (Å²) in [5, 5.41) is 15.9. The molecule has 3 N–H and O–H groups in total. The zero-order chi connectivity index (χ0) is 16.2. The molecule has 0 fully saturated rings. The zero-order valence-electron chi connectivity index (χ0n) is 13.9. The molecule has 0 radical (unpaired) electrons. The van der Waals surface area contributed by atoms with Crippen LogP contribution in [0.1, 0.15) is 50.3 Å². The first kappa shape index (κ1) is 17.0. The molecule has 0 aliphatic carbocycles. The quantitative estimate of drug-likeness (QED) is 0.756. The maximum Gasteiger partial charge on any atom is 0.320 e. The number of carboxylic acids is 1. The summed E-state index contributed by atoms with van der Waals surface area (Å²) in [6.45, 7) is 9.00. The zero-order valence-corrected chi connectivity index (χ0v) is 13.9. The maximum absolute atomic E-state index is 11.4. The predicted molar refractivity (Wildman–Crippen MR) is 88.8 cm³/mol. The topological polar surface area (TPSA) is 61.4 Å². The average Bonchev–Trinajstić information content (AvgIpc) is 2.45. The lowest BCUT2D eigenvalue weighted by Gasteiger charge is -2.22. The van der Waals surface area contributed by atoms with E-state index in [1.54, 1.807) is 0 Å². The minimum Gasteiger partial charge on any atom is -0.480 e. The van der Waals surface area contributed by atoms with Crippen molar-refractivity contribution in [2.75, 3.05) is 6.54 Å². The van der Waals surface area contributed by atoms with Gasteiger partial charge in [-0.25, -0.2) is 0 Å². The molecule has 1 aromatic carbocycles. The lowest BCUT2D eigenvalue weighted by molar-refractivity contribution is -0.139. The summed E-state index contributed by atoms with van der Waals surface area (Å²) in [4.78, 5) is 11.4. The van der Waals surface area contributed by atoms with Gasteiger partial charge in [-0.2, -0.15) is 0 Å². The molecule has 1 aliphatic rings. The van der Waals surface area contributed by atoms with Gasteiger partial charge in [-0.1, -0.05) is 39.0 Å². The number of carbonyl (C=O) groups is 1. The third-order valence-electron chi connectivity index (χ3n) is 4.19. The third-order valence-corrected chi connectivity index (χ3v) is 4.19. The molecule has 0 spiro atoms. The van der Waals surface area contributed by atoms with E-state index in [1.165, 1.54) is 16.7 Å². The van der Waals surface area contributed by atoms with Crippen LogP contribution >= 0.6 is 0 Å². The van der Waals surface area contributed by atoms with Crippen LogP contribution < -0.4 is 10.6 Å². The normalized spacial score (nSPS) is 16.1. The fourth-order valence-electron chi connectivity index (χ4n) is 2.77. The van der Waals surface area contributed by atoms with Gasteiger partial charge in [0.15, 0.2) is 0 Å². The van der Waals surface area contributed by atoms with Crippen molar-refractivity contribution in [1.29, 1.82) is 0 Å². The van der Waals surface area contributed by atoms with E-state index < -0.39 is 12.0 Å². The minimum atomic E-state index is -0.758. The molecule has 2 rings (SSSR count). The molecule has 22 heavy (non-hydrogen) atoms. The Hall–Kier alpha value is -1.39. The van der Waals surface area contributed by atoms with E-state index in [0.29, 0.717) is 13.0 Å². The fraction of sp³-hybridized carbons (Fsp3) is 0.611. The van der Waals surface area contributed by atoms with Crippen molar-refractivity contribution < 1.29 is 9.90 Å². The summed E-state index contributed by atoms with van der Waals surface area (Å²) in [6, 6.07) is 5.99. The van der Waals surface area contributed by atoms with Crippen molar-refractivity contribution >= 4 is 5.97 Å². The summed E-state index contributed by atoms with van der Waals surface area (Å²) in [5.74, 6) is -0.758. The fourth-order valence-corrected chi connectivity index (χ4v) is 2.77. The van der Waals surface area contributed by atoms with Gasteiger partial charge in [0.25, 0.3) is 0 Å². The van der Waals surface area contributed by atoms with Gasteiger partial charge in [0.1, 0.15) is 6.04 Å². The Labute approximate surface area is 133 Å². The SMILES string of the molecule is CC(C)(C)CCC(NCc1ccc2c(c1)CCNC2)C(=O)O. The number of fused-ring (bicyclic) bond motifs is 1. The van der Waals surface area contributed by atoms with Crippen LogP contribution in [0.25, 0.3) is 0 Å². The molecule has 1 heterocycles. The summed E-state index contributed by atoms with van der Waals surface area (Å²) in [7, 11) is 0. The van der Waals surface area contributed by atoms with Crippen molar-refractivity contribution in [1.82, 2.24) is 10.6 Å². The van der Waals surface area contributed by atoms with Crippen LogP contribution in [0.2, 0.25) is 0 Å². The number of hydrogen-bond donors (Lipinski definition) is 3. The van der Waals surface area contributed by atoms with E-state index in [1.807, 2.05) is 0 Å². The first-order chi connectivity index (χ1) is 10.3. The highest BCUT2D eigenvalue weighted by Gasteiger charge is 2.20. The smallest absolute Gasteiger partial charge is 0.320 e. The minimum absolute atomic E-state index is 0.161. The Morgan fingerprint density at radius 3 is 2.82 bits per heavy atom. The highest BCUT2D eigenvalue weighted by atomic mass is 16.4. The Morgan fingerprint density at radius 2 is 2.14 bits per heavy atom. The van der Waals surface area contributed by atoms with Gasteiger partial charge in [-0.3, -0.25) is 4.79 Å². The van der Waals surface area contributed by atoms with E-state index in [9.17, 15) is 9.90 Å². The van der Waals surface area contributed by atoms with Crippen LogP contribution in [-0.2, 0) is 24.3 Å². The van der Waals surface area contributed by atoms with Gasteiger partial charge in [0.05, 0.1) is 0 Å². The van der Waals surface area contributed by atoms with Crippen molar-refractivity contribution in [3.05, 3.63) is 34.9 Å². The summed E-state index contributed by atoms with van der Waals surface area (Å²) in [6.07, 6.45) is 2.61. The molecular formula is C18H28N2O2. The Kier molecular flexibility index (Phi) is 5.59. The summed E-state index contributed by atoms with van der Waals surface area (Å²) in [5.41, 5.74) is 4.08. The lowest BCUT2D eigenvalue weighted by Crippen LogP contribution is -2.37. The molecule has 0 bridgehead atoms. The number of rotatable bonds is 6. The first-order valence-corrected chi connectivity index (χ1v) is 8.13. The first-order valence-electron chi connectivity index (χ1n) is 8.13. The molecule has 1 atom stereocenters. The molecule has 0 saturated carbocycles. The van der Waals surface area contributed by atoms with Crippen molar-refractivity contribution in [3.8, 4) is 0 Å². The number of nitrogens with one attached hydrogen (secondary N) is 2. The molecular weight excluding hydrogens is 276 g/mol. The van der Waals surface area contributed by atoms with Gasteiger partial charge >= 0.3 is 5.97 Å². The molecule has 1 aromatic rings. The molecule has 4 heteroatoms. The highest BCUT2D eigenvalue weighted by Crippen LogP contribution is 2.22. The second-order valence-electron chi connectivity index (χ2n) is 7.40. The maximum atomic E-state index is 11.4. The molecule has 0 saturated heterocycles. The Morgan fingerprint density at radius 1 is 1.36 bits per heavy atom. The van der Waals surface area contributed by atoms with Gasteiger partial charge in [0.2, 0.25) is 0 Å². The van der Waals surface area contributed by atoms with Crippen molar-refractivity contribution in [2.45, 2.75) is 59.2 Å². The third kappa shape index (κ3) is 5.11. The van der Waals surface area contributed by atoms with E-state index in [2.05, 4.69) is 49.6 Å². The van der Waals surface area contributed by atoms with E-state index in [4.69, 9.17) is 0 Å². The summed E-state index contributed by atoms with van der Waals surface area (Å²) >= 11 is 0. The van der Waals surface area contributed by atoms with Gasteiger partial charge in [0, 0.05) is 13.1 Å². The number of carboxylic acid groups (broad SMARTS) is 1. The van der Waals surface area contributed by atoms with E-state index in [-0.39, 0.29) is 5.41 Å². The number of aliphatic carboxylic acids is 1. The molecule has 1 aliphatic heterocycles. The highest BCUT2D eigenvalue weighted by molar-refractivity contribution is 5.73. The number of hydrogen-bond acceptors (Lipinski definition) is 3. The van der Waals surface area contributed by atoms with E-state index >= 15 is 0 Å². The van der Waals surface area contributed by atoms with Crippen molar-refractivity contribution in [2.24, 2.45) is 5.41 Å². The van der Waals surface area contributed by atoms with Gasteiger partial charge < -0.3 is 15.7 Å². The number of benzene rings is 1. The van der Waals surface area contributed by atoms with Crippen LogP contribution in [0.5, 0.6) is 0 Å². The van der Waals surface area contributed by atoms with E-state index in [0.717, 1.165) is 25.9 Å². The second kappa shape index (κ2) is 7.25. The Balaban J connectivity index is 1.93. The van der Waals surface area contributed by atoms with Crippen molar-refractivity contribution in [3.63, 3.8) is 0 Å². The van der Waals surface area contributed by atoms with Crippen LogP contribution in [0.3, 0.4) is 0 Å². The Bertz CT molecular complexity index is 520. The largest absolute Gasteiger partial charge is 0.480 e. The van der Waals surface area contributed by atoms with Crippen LogP contribution in [0, 0.1) is 5.41 Å². The van der Waals surface area contributed by atoms with Crippen LogP contribution in [0.4, 0.5) is 0 Å². The molecule has 0 aromatic heterocycles. The molecule has 1 unspecified atom stereocenters. The average molecular weight is 304 g/mol. The van der Waals surface area contributed by atoms with Crippen LogP contribution in [0.15, 0.2) is 18.2 Å². The molecule has 122 valence electrons. The van der Waals surface area contributed by atoms with Gasteiger partial charge in [-0.05, 0) is 47.9 Å². The monoisotopic (exact) mass is 304 g/mol. The molecule has 0 amide bonds. The van der Waals surface area contributed by atoms with Crippen LogP contribution in [-0.4, -0.2) is 23.7 Å². The molecule has 4 nitrogen and oxygen atoms in total. The standard InChI is InChI=1S/C18H28N2O2/c1-18(2,3)8-6-16(17(21)22)20-11-13-4-5-15-12-19-9-7-14(15)10-13/h4-5,10,16,19-20H,6-9,11-12H2,1-3H3,(H,21,22). The predicted octanol–water partition coefficient (Wildman–Crippen LogP) is 2.70. The lowest BCUT2D eigenvalue weighted by atomic mass is 9.88. The second-order valence-corrected chi connectivity index (χ2v) is 7.40.